The lowest BCUT2D eigenvalue weighted by molar-refractivity contribution is -0.137. The van der Waals surface area contributed by atoms with Crippen molar-refractivity contribution in [2.24, 2.45) is 0 Å². The molecule has 1 aromatic rings. The second kappa shape index (κ2) is 6.03. The predicted octanol–water partition coefficient (Wildman–Crippen LogP) is 2.55. The molecule has 0 unspecified atom stereocenters. The number of hydrogen-bond donors (Lipinski definition) is 1. The number of carbonyl (C=O) groups is 1. The van der Waals surface area contributed by atoms with Crippen LogP contribution in [0.15, 0.2) is 5.38 Å². The maximum atomic E-state index is 12.3. The highest BCUT2D eigenvalue weighted by Gasteiger charge is 2.31. The van der Waals surface area contributed by atoms with Crippen LogP contribution < -0.4 is 4.90 Å². The normalized spacial score (nSPS) is 11.6. The molecule has 102 valence electrons. The van der Waals surface area contributed by atoms with Crippen molar-refractivity contribution < 1.29 is 23.1 Å². The number of anilines is 1. The minimum absolute atomic E-state index is 0.0748. The number of hydrogen-bond acceptors (Lipinski definition) is 4. The number of aryl methyl sites for hydroxylation is 1. The molecular formula is C10H13F3N2O2S. The Hall–Kier alpha value is -1.31. The fourth-order valence-electron chi connectivity index (χ4n) is 1.32. The summed E-state index contributed by atoms with van der Waals surface area (Å²) in [6.45, 7) is 0.769. The van der Waals surface area contributed by atoms with Crippen molar-refractivity contribution in [3.63, 3.8) is 0 Å². The Morgan fingerprint density at radius 2 is 2.22 bits per heavy atom. The van der Waals surface area contributed by atoms with Gasteiger partial charge >= 0.3 is 12.1 Å². The summed E-state index contributed by atoms with van der Waals surface area (Å²) in [6, 6.07) is 0. The average Bonchev–Trinajstić information content (AvgIpc) is 2.70. The minimum Gasteiger partial charge on any atom is -0.481 e. The fourth-order valence-corrected chi connectivity index (χ4v) is 2.25. The van der Waals surface area contributed by atoms with E-state index < -0.39 is 18.7 Å². The van der Waals surface area contributed by atoms with Crippen molar-refractivity contribution in [1.29, 1.82) is 0 Å². The SMILES string of the molecule is CCN(CC(F)(F)F)c1nc(CCC(=O)O)cs1. The Labute approximate surface area is 106 Å². The molecule has 0 bridgehead atoms. The van der Waals surface area contributed by atoms with Crippen molar-refractivity contribution in [1.82, 2.24) is 4.98 Å². The third-order valence-corrected chi connectivity index (χ3v) is 3.11. The van der Waals surface area contributed by atoms with Crippen LogP contribution in [0.4, 0.5) is 18.3 Å². The third kappa shape index (κ3) is 4.91. The van der Waals surface area contributed by atoms with Gasteiger partial charge in [-0.2, -0.15) is 13.2 Å². The van der Waals surface area contributed by atoms with Crippen LogP contribution in [0.1, 0.15) is 19.0 Å². The molecule has 0 radical (unpaired) electrons. The first-order valence-corrected chi connectivity index (χ1v) is 6.17. The summed E-state index contributed by atoms with van der Waals surface area (Å²) in [7, 11) is 0. The van der Waals surface area contributed by atoms with Crippen LogP contribution in [-0.2, 0) is 11.2 Å². The summed E-state index contributed by atoms with van der Waals surface area (Å²) in [4.78, 5) is 15.5. The molecular weight excluding hydrogens is 269 g/mol. The lowest BCUT2D eigenvalue weighted by atomic mass is 10.2. The van der Waals surface area contributed by atoms with Crippen molar-refractivity contribution in [3.05, 3.63) is 11.1 Å². The monoisotopic (exact) mass is 282 g/mol. The van der Waals surface area contributed by atoms with Gasteiger partial charge in [-0.1, -0.05) is 0 Å². The Morgan fingerprint density at radius 1 is 1.56 bits per heavy atom. The molecule has 1 aromatic heterocycles. The first-order valence-electron chi connectivity index (χ1n) is 5.29. The smallest absolute Gasteiger partial charge is 0.406 e. The largest absolute Gasteiger partial charge is 0.481 e. The Balaban J connectivity index is 2.67. The van der Waals surface area contributed by atoms with Crippen LogP contribution in [0.5, 0.6) is 0 Å². The maximum Gasteiger partial charge on any atom is 0.406 e. The molecule has 0 saturated carbocycles. The van der Waals surface area contributed by atoms with E-state index in [1.165, 1.54) is 0 Å². The van der Waals surface area contributed by atoms with E-state index in [-0.39, 0.29) is 24.5 Å². The molecule has 0 amide bonds. The molecule has 0 aliphatic carbocycles. The zero-order valence-corrected chi connectivity index (χ0v) is 10.5. The van der Waals surface area contributed by atoms with E-state index in [1.807, 2.05) is 0 Å². The predicted molar refractivity (Wildman–Crippen MR) is 62.0 cm³/mol. The average molecular weight is 282 g/mol. The molecule has 0 fully saturated rings. The Kier molecular flexibility index (Phi) is 4.94. The second-order valence-electron chi connectivity index (χ2n) is 3.64. The standard InChI is InChI=1S/C10H13F3N2O2S/c1-2-15(6-10(11,12)13)9-14-7(5-18-9)3-4-8(16)17/h5H,2-4,6H2,1H3,(H,16,17). The topological polar surface area (TPSA) is 53.4 Å². The molecule has 18 heavy (non-hydrogen) atoms. The van der Waals surface area contributed by atoms with Gasteiger partial charge in [0.15, 0.2) is 5.13 Å². The first kappa shape index (κ1) is 14.7. The van der Waals surface area contributed by atoms with E-state index in [0.29, 0.717) is 5.69 Å². The summed E-state index contributed by atoms with van der Waals surface area (Å²) < 4.78 is 36.9. The van der Waals surface area contributed by atoms with Gasteiger partial charge in [0.25, 0.3) is 0 Å². The maximum absolute atomic E-state index is 12.3. The number of aromatic nitrogens is 1. The van der Waals surface area contributed by atoms with Crippen molar-refractivity contribution in [2.45, 2.75) is 25.9 Å². The van der Waals surface area contributed by atoms with E-state index in [9.17, 15) is 18.0 Å². The summed E-state index contributed by atoms with van der Waals surface area (Å²) in [5.74, 6) is -0.952. The first-order chi connectivity index (χ1) is 8.31. The molecule has 0 aromatic carbocycles. The minimum atomic E-state index is -4.27. The van der Waals surface area contributed by atoms with E-state index in [4.69, 9.17) is 5.11 Å². The molecule has 1 N–H and O–H groups in total. The van der Waals surface area contributed by atoms with Crippen molar-refractivity contribution in [2.75, 3.05) is 18.0 Å². The Morgan fingerprint density at radius 3 is 2.72 bits per heavy atom. The second-order valence-corrected chi connectivity index (χ2v) is 4.48. The van der Waals surface area contributed by atoms with Gasteiger partial charge in [0, 0.05) is 18.3 Å². The number of alkyl halides is 3. The third-order valence-electron chi connectivity index (χ3n) is 2.16. The molecule has 0 aliphatic heterocycles. The zero-order valence-electron chi connectivity index (χ0n) is 9.70. The summed E-state index contributed by atoms with van der Waals surface area (Å²) >= 11 is 1.10. The van der Waals surface area contributed by atoms with E-state index in [2.05, 4.69) is 4.98 Å². The number of rotatable bonds is 6. The van der Waals surface area contributed by atoms with E-state index >= 15 is 0 Å². The van der Waals surface area contributed by atoms with Crippen LogP contribution in [0.25, 0.3) is 0 Å². The fraction of sp³-hybridized carbons (Fsp3) is 0.600. The highest BCUT2D eigenvalue weighted by molar-refractivity contribution is 7.13. The van der Waals surface area contributed by atoms with Crippen LogP contribution >= 0.6 is 11.3 Å². The number of carboxylic acids is 1. The quantitative estimate of drug-likeness (QED) is 0.871. The molecule has 0 atom stereocenters. The molecule has 0 spiro atoms. The molecule has 4 nitrogen and oxygen atoms in total. The molecule has 0 aliphatic rings. The summed E-state index contributed by atoms with van der Waals surface area (Å²) in [6.07, 6.45) is -4.12. The van der Waals surface area contributed by atoms with Crippen molar-refractivity contribution in [3.8, 4) is 0 Å². The van der Waals surface area contributed by atoms with Gasteiger partial charge in [-0.15, -0.1) is 11.3 Å². The number of carboxylic acid groups (broad SMARTS) is 1. The highest BCUT2D eigenvalue weighted by atomic mass is 32.1. The number of aliphatic carboxylic acids is 1. The number of nitrogens with zero attached hydrogens (tertiary/aromatic N) is 2. The van der Waals surface area contributed by atoms with E-state index in [0.717, 1.165) is 16.2 Å². The highest BCUT2D eigenvalue weighted by Crippen LogP contribution is 2.25. The summed E-state index contributed by atoms with van der Waals surface area (Å²) in [5, 5.41) is 10.4. The van der Waals surface area contributed by atoms with Gasteiger partial charge in [0.1, 0.15) is 6.54 Å². The number of halogens is 3. The van der Waals surface area contributed by atoms with Gasteiger partial charge in [0.2, 0.25) is 0 Å². The van der Waals surface area contributed by atoms with Crippen LogP contribution in [0.3, 0.4) is 0 Å². The summed E-state index contributed by atoms with van der Waals surface area (Å²) in [5.41, 5.74) is 0.512. The zero-order chi connectivity index (χ0) is 13.8. The number of thiazole rings is 1. The lowest BCUT2D eigenvalue weighted by Gasteiger charge is -2.21. The van der Waals surface area contributed by atoms with Gasteiger partial charge in [0.05, 0.1) is 12.1 Å². The van der Waals surface area contributed by atoms with Gasteiger partial charge < -0.3 is 10.0 Å². The Bertz CT molecular complexity index is 406. The molecule has 1 heterocycles. The molecule has 1 rings (SSSR count). The molecule has 0 saturated heterocycles. The van der Waals surface area contributed by atoms with Gasteiger partial charge in [-0.3, -0.25) is 4.79 Å². The van der Waals surface area contributed by atoms with Gasteiger partial charge in [-0.05, 0) is 6.92 Å². The van der Waals surface area contributed by atoms with Gasteiger partial charge in [-0.25, -0.2) is 4.98 Å². The van der Waals surface area contributed by atoms with Crippen LogP contribution in [-0.4, -0.2) is 35.3 Å². The van der Waals surface area contributed by atoms with Crippen molar-refractivity contribution >= 4 is 22.4 Å². The lowest BCUT2D eigenvalue weighted by Crippen LogP contribution is -2.34. The van der Waals surface area contributed by atoms with Crippen LogP contribution in [0, 0.1) is 0 Å². The molecule has 8 heteroatoms. The van der Waals surface area contributed by atoms with Crippen LogP contribution in [0.2, 0.25) is 0 Å². The van der Waals surface area contributed by atoms with E-state index in [1.54, 1.807) is 12.3 Å².